The third-order valence-electron chi connectivity index (χ3n) is 16.7. The molecule has 0 N–H and O–H groups in total. The Labute approximate surface area is 554 Å². The summed E-state index contributed by atoms with van der Waals surface area (Å²) in [7, 11) is -3.56. The van der Waals surface area contributed by atoms with Crippen LogP contribution in [0.4, 0.5) is 0 Å². The molecule has 0 saturated carbocycles. The van der Waals surface area contributed by atoms with Crippen molar-refractivity contribution < 1.29 is 42.2 Å². The van der Waals surface area contributed by atoms with Crippen LogP contribution < -0.4 is 30.1 Å². The topological polar surface area (TPSA) is 35.9 Å². The van der Waals surface area contributed by atoms with E-state index in [0.717, 1.165) is 48.1 Å². The molecule has 0 amide bonds. The summed E-state index contributed by atoms with van der Waals surface area (Å²) >= 11 is 0. The summed E-state index contributed by atoms with van der Waals surface area (Å²) in [6, 6.07) is 54.9. The van der Waals surface area contributed by atoms with Gasteiger partial charge in [0.1, 0.15) is 17.3 Å². The first-order valence-electron chi connectivity index (χ1n) is 41.1. The Morgan fingerprint density at radius 3 is 1.81 bits per heavy atom. The normalized spacial score (nSPS) is 19.8. The van der Waals surface area contributed by atoms with Crippen LogP contribution in [0.15, 0.2) is 255 Å². The first-order chi connectivity index (χ1) is 52.2. The zero-order chi connectivity index (χ0) is 81.3. The van der Waals surface area contributed by atoms with E-state index in [2.05, 4.69) is 74.1 Å². The Balaban J connectivity index is 1.15. The van der Waals surface area contributed by atoms with Crippen LogP contribution in [0.3, 0.4) is 0 Å². The smallest absolute Gasteiger partial charge is 0.269 e. The van der Waals surface area contributed by atoms with Crippen molar-refractivity contribution in [2.75, 3.05) is 0 Å². The molecule has 1 aliphatic carbocycles. The Bertz CT molecular complexity index is 5800. The van der Waals surface area contributed by atoms with E-state index in [1.165, 1.54) is 16.7 Å². The minimum atomic E-state index is -4.67. The van der Waals surface area contributed by atoms with E-state index in [-0.39, 0.29) is 27.7 Å². The zero-order valence-electron chi connectivity index (χ0n) is 73.3. The monoisotopic (exact) mass is 1180 g/mol. The van der Waals surface area contributed by atoms with Gasteiger partial charge in [-0.25, -0.2) is 4.98 Å². The number of fused-ring (bicyclic) bond motifs is 5. The molecule has 0 unspecified atom stereocenters. The highest BCUT2D eigenvalue weighted by atomic mass is 28.3. The van der Waals surface area contributed by atoms with Gasteiger partial charge in [0.15, 0.2) is 8.07 Å². The number of hydrogen-bond acceptors (Lipinski definition) is 2. The lowest BCUT2D eigenvalue weighted by Gasteiger charge is -2.42. The second-order valence-corrected chi connectivity index (χ2v) is 28.3. The fourth-order valence-electron chi connectivity index (χ4n) is 12.3. The molecule has 0 saturated heterocycles. The van der Waals surface area contributed by atoms with Gasteiger partial charge < -0.3 is 4.74 Å². The summed E-state index contributed by atoms with van der Waals surface area (Å²) < 4.78 is 239. The van der Waals surface area contributed by atoms with Gasteiger partial charge in [0.25, 0.3) is 6.33 Å². The molecular formula is C82H76N4OSi. The maximum Gasteiger partial charge on any atom is 0.269 e. The molecule has 3 aromatic heterocycles. The number of aromatic nitrogens is 4. The van der Waals surface area contributed by atoms with Crippen molar-refractivity contribution >= 4 is 61.7 Å². The lowest BCUT2D eigenvalue weighted by Crippen LogP contribution is -2.74. The van der Waals surface area contributed by atoms with E-state index in [0.29, 0.717) is 28.5 Å². The van der Waals surface area contributed by atoms with Gasteiger partial charge in [-0.2, -0.15) is 0 Å². The van der Waals surface area contributed by atoms with E-state index < -0.39 is 141 Å². The highest BCUT2D eigenvalue weighted by Crippen LogP contribution is 2.48. The molecule has 88 heavy (non-hydrogen) atoms. The van der Waals surface area contributed by atoms with Crippen LogP contribution >= 0.6 is 0 Å². The third-order valence-corrected chi connectivity index (χ3v) is 21.5. The van der Waals surface area contributed by atoms with Crippen molar-refractivity contribution in [3.63, 3.8) is 0 Å². The average Bonchev–Trinajstić information content (AvgIpc) is 0.708. The van der Waals surface area contributed by atoms with Crippen LogP contribution in [0, 0.1) is 6.33 Å². The van der Waals surface area contributed by atoms with Crippen molar-refractivity contribution in [2.45, 2.75) is 103 Å². The molecule has 5 nitrogen and oxygen atoms in total. The molecule has 0 fully saturated rings. The van der Waals surface area contributed by atoms with Gasteiger partial charge in [-0.3, -0.25) is 13.7 Å². The molecule has 10 aromatic carbocycles. The molecule has 0 spiro atoms. The molecule has 0 atom stereocenters. The molecule has 14 rings (SSSR count). The van der Waals surface area contributed by atoms with E-state index >= 15 is 0 Å². The summed E-state index contributed by atoms with van der Waals surface area (Å²) in [5.74, 6) is 1.41. The van der Waals surface area contributed by atoms with Gasteiger partial charge in [-0.1, -0.05) is 263 Å². The fourth-order valence-corrected chi connectivity index (χ4v) is 17.1. The van der Waals surface area contributed by atoms with Crippen molar-refractivity contribution in [1.29, 1.82) is 0 Å². The number of ether oxygens (including phenoxy) is 1. The standard InChI is InChI=1S/C82H76N4OSi/c1-79(2,3)58-44-47-83-77(51-58)86-73-37-24-23-36-67(73)68-41-39-62(53-75(68)86)87-61-29-25-28-60(52-61)84-55-85(74-43-40-66(54-76(74)84)88(63-30-17-12-18-31-63,64-32-19-13-20-33-64)65-34-21-14-22-35-65)78-69(56-26-15-11-16-27-56)49-59(80(4,5)6)50-70(78)57-38-42-71-72(48-57)82(9,10)46-45-81(71,7)8/h11-44,47-54H,45-46H2,1-10H3/i7D3,8D3,9D3,10D3,11D,15D,16D,26D,27D,38D,42D,45D2,46D2,48D. The number of benzene rings is 10. The van der Waals surface area contributed by atoms with Gasteiger partial charge >= 0.3 is 0 Å². The van der Waals surface area contributed by atoms with Crippen LogP contribution in [0.25, 0.3) is 72.3 Å². The number of rotatable bonds is 11. The van der Waals surface area contributed by atoms with Crippen molar-refractivity contribution in [3.8, 4) is 50.9 Å². The maximum absolute atomic E-state index is 10.7. The predicted molar refractivity (Wildman–Crippen MR) is 369 cm³/mol. The lowest BCUT2D eigenvalue weighted by atomic mass is 9.63. The summed E-state index contributed by atoms with van der Waals surface area (Å²) in [5.41, 5.74) is -12.4. The summed E-state index contributed by atoms with van der Waals surface area (Å²) in [6.07, 6.45) is -3.98. The number of nitrogens with zero attached hydrogens (tertiary/aromatic N) is 4. The minimum Gasteiger partial charge on any atom is -0.458 e. The molecule has 13 aromatic rings. The highest BCUT2D eigenvalue weighted by Gasteiger charge is 2.42. The largest absolute Gasteiger partial charge is 0.458 e. The van der Waals surface area contributed by atoms with Gasteiger partial charge in [0, 0.05) is 45.0 Å². The first-order valence-corrected chi connectivity index (χ1v) is 31.1. The number of pyridine rings is 1. The zero-order valence-corrected chi connectivity index (χ0v) is 50.3. The Kier molecular flexibility index (Phi) is 8.66. The van der Waals surface area contributed by atoms with Crippen molar-refractivity contribution in [2.24, 2.45) is 0 Å². The fraction of sp³-hybridized carbons (Fsp3) is 0.195. The maximum atomic E-state index is 10.7. The Morgan fingerprint density at radius 1 is 0.534 bits per heavy atom. The summed E-state index contributed by atoms with van der Waals surface area (Å²) in [4.78, 5) is 4.88. The Morgan fingerprint density at radius 2 is 1.15 bits per heavy atom. The molecule has 6 heteroatoms. The average molecular weight is 1190 g/mol. The predicted octanol–water partition coefficient (Wildman–Crippen LogP) is 17.6. The van der Waals surface area contributed by atoms with Crippen LogP contribution in [0.2, 0.25) is 0 Å². The van der Waals surface area contributed by atoms with E-state index in [4.69, 9.17) is 19.3 Å². The summed E-state index contributed by atoms with van der Waals surface area (Å²) in [5, 5.41) is 5.57. The highest BCUT2D eigenvalue weighted by molar-refractivity contribution is 7.20. The van der Waals surface area contributed by atoms with Crippen LogP contribution in [-0.4, -0.2) is 22.2 Å². The molecule has 0 bridgehead atoms. The van der Waals surface area contributed by atoms with Crippen molar-refractivity contribution in [1.82, 2.24) is 14.1 Å². The van der Waals surface area contributed by atoms with Gasteiger partial charge in [0.2, 0.25) is 0 Å². The van der Waals surface area contributed by atoms with Gasteiger partial charge in [-0.05, 0) is 148 Å². The second-order valence-electron chi connectivity index (χ2n) is 24.5. The molecule has 1 aliphatic rings. The molecule has 3 heterocycles. The second kappa shape index (κ2) is 21.5. The number of imidazole rings is 1. The SMILES string of the molecule is [2H]c1c([2H])c([2H])c(-c2cc(C(C)(C)C)cc(-c3c([2H])c([2H])c4c(c3[2H])C(C([2H])([2H])[2H])(C([2H])([2H])[2H])C([2H])([2H])C([2H])([2H])C4(C([2H])([2H])[2H])C([2H])([2H])[2H])c2-[n+]2[c-]n(-c3cccc(Oc4ccc5c6ccccc6n(-c6cc(C(C)(C)C)ccn6)c5c4)c3)c3cc([Si](c4ccccc4)(c4ccccc4)c4ccccc4)ccc32)c([2H])c1[2H]. The van der Waals surface area contributed by atoms with Gasteiger partial charge in [-0.15, -0.1) is 0 Å². The van der Waals surface area contributed by atoms with Gasteiger partial charge in [0.05, 0.1) is 44.4 Å². The van der Waals surface area contributed by atoms with Crippen LogP contribution in [-0.2, 0) is 21.7 Å². The first kappa shape index (κ1) is 35.4. The number of hydrogen-bond donors (Lipinski definition) is 0. The summed E-state index contributed by atoms with van der Waals surface area (Å²) in [6.45, 7) is -5.95. The van der Waals surface area contributed by atoms with E-state index in [9.17, 15) is 23.3 Å². The molecule has 0 radical (unpaired) electrons. The van der Waals surface area contributed by atoms with Crippen molar-refractivity contribution in [3.05, 3.63) is 283 Å². The molecule has 0 aliphatic heterocycles. The molecule has 434 valence electrons. The van der Waals surface area contributed by atoms with E-state index in [1.54, 1.807) is 61.9 Å². The Hall–Kier alpha value is -9.36. The molecular weight excluding hydrogens is 1090 g/mol. The number of para-hydroxylation sites is 1. The third kappa shape index (κ3) is 9.79. The van der Waals surface area contributed by atoms with E-state index in [1.807, 2.05) is 115 Å². The van der Waals surface area contributed by atoms with Crippen LogP contribution in [0.1, 0.15) is 137 Å². The minimum absolute atomic E-state index is 0.183. The lowest BCUT2D eigenvalue weighted by molar-refractivity contribution is -0.571. The van der Waals surface area contributed by atoms with Crippen LogP contribution in [0.5, 0.6) is 11.5 Å². The quantitative estimate of drug-likeness (QED) is 0.0560.